The van der Waals surface area contributed by atoms with Crippen molar-refractivity contribution >= 4 is 11.7 Å². The van der Waals surface area contributed by atoms with Crippen LogP contribution in [0, 0.1) is 10.1 Å². The van der Waals surface area contributed by atoms with Gasteiger partial charge in [-0.1, -0.05) is 0 Å². The number of nitro benzene ring substituents is 1. The lowest BCUT2D eigenvalue weighted by atomic mass is 10.2. The van der Waals surface area contributed by atoms with Gasteiger partial charge in [0, 0.05) is 25.7 Å². The fourth-order valence-corrected chi connectivity index (χ4v) is 2.46. The summed E-state index contributed by atoms with van der Waals surface area (Å²) >= 11 is 0. The topological polar surface area (TPSA) is 111 Å². The maximum absolute atomic E-state index is 11.4. The second-order valence-corrected chi connectivity index (χ2v) is 5.41. The van der Waals surface area contributed by atoms with Crippen LogP contribution in [-0.2, 0) is 25.7 Å². The van der Waals surface area contributed by atoms with E-state index < -0.39 is 10.9 Å². The van der Waals surface area contributed by atoms with E-state index in [1.165, 1.54) is 19.2 Å². The van der Waals surface area contributed by atoms with E-state index in [1.807, 2.05) is 0 Å². The van der Waals surface area contributed by atoms with E-state index in [1.54, 1.807) is 17.2 Å². The Kier molecular flexibility index (Phi) is 6.62. The third-order valence-corrected chi connectivity index (χ3v) is 3.64. The van der Waals surface area contributed by atoms with Gasteiger partial charge in [0.25, 0.3) is 5.69 Å². The van der Waals surface area contributed by atoms with Gasteiger partial charge in [-0.2, -0.15) is 5.06 Å². The Morgan fingerprint density at radius 2 is 2.12 bits per heavy atom. The number of ether oxygens (including phenoxy) is 2. The van der Waals surface area contributed by atoms with E-state index >= 15 is 0 Å². The molecule has 0 amide bonds. The molecule has 2 rings (SSSR count). The van der Waals surface area contributed by atoms with Crippen LogP contribution in [0.3, 0.4) is 0 Å². The molecular weight excluding hydrogens is 320 g/mol. The number of non-ortho nitro benzene ring substituents is 1. The molecule has 1 heterocycles. The van der Waals surface area contributed by atoms with Gasteiger partial charge in [-0.05, 0) is 17.7 Å². The first-order valence-electron chi connectivity index (χ1n) is 7.45. The number of hydrogen-bond acceptors (Lipinski definition) is 8. The molecule has 1 saturated heterocycles. The van der Waals surface area contributed by atoms with E-state index in [-0.39, 0.29) is 37.7 Å². The lowest BCUT2D eigenvalue weighted by molar-refractivity contribution is -0.384. The Morgan fingerprint density at radius 3 is 2.71 bits per heavy atom. The van der Waals surface area contributed by atoms with E-state index in [0.29, 0.717) is 13.0 Å². The number of nitrogens with zero attached hydrogens (tertiary/aromatic N) is 2. The van der Waals surface area contributed by atoms with Crippen LogP contribution in [0.5, 0.6) is 0 Å². The Hall–Kier alpha value is -2.07. The molecule has 0 bridgehead atoms. The van der Waals surface area contributed by atoms with Crippen molar-refractivity contribution in [1.29, 1.82) is 0 Å². The summed E-state index contributed by atoms with van der Waals surface area (Å²) in [6, 6.07) is 5.75. The zero-order valence-corrected chi connectivity index (χ0v) is 13.3. The summed E-state index contributed by atoms with van der Waals surface area (Å²) in [6.07, 6.45) is 0.0910. The molecule has 24 heavy (non-hydrogen) atoms. The standard InChI is InChI=1S/C15H20N2O7/c1-22-10-15(19)24-14-6-13(8-18)16(7-14)23-9-11-2-4-12(5-3-11)17(20)21/h2-5,13-14,18H,6-10H2,1H3. The zero-order chi connectivity index (χ0) is 17.5. The van der Waals surface area contributed by atoms with Crippen molar-refractivity contribution in [2.75, 3.05) is 26.9 Å². The molecule has 0 saturated carbocycles. The fourth-order valence-electron chi connectivity index (χ4n) is 2.46. The van der Waals surface area contributed by atoms with Crippen LogP contribution in [0.1, 0.15) is 12.0 Å². The second-order valence-electron chi connectivity index (χ2n) is 5.41. The van der Waals surface area contributed by atoms with E-state index in [2.05, 4.69) is 0 Å². The maximum Gasteiger partial charge on any atom is 0.332 e. The van der Waals surface area contributed by atoms with Gasteiger partial charge >= 0.3 is 5.97 Å². The van der Waals surface area contributed by atoms with E-state index in [9.17, 15) is 20.0 Å². The Bertz CT molecular complexity index is 563. The first-order valence-corrected chi connectivity index (χ1v) is 7.45. The molecule has 9 nitrogen and oxygen atoms in total. The molecule has 1 aromatic carbocycles. The van der Waals surface area contributed by atoms with Crippen LogP contribution in [0.2, 0.25) is 0 Å². The van der Waals surface area contributed by atoms with Crippen LogP contribution in [0.15, 0.2) is 24.3 Å². The van der Waals surface area contributed by atoms with Crippen LogP contribution in [0.4, 0.5) is 5.69 Å². The van der Waals surface area contributed by atoms with Crippen LogP contribution >= 0.6 is 0 Å². The van der Waals surface area contributed by atoms with Crippen molar-refractivity contribution in [1.82, 2.24) is 5.06 Å². The lowest BCUT2D eigenvalue weighted by Gasteiger charge is -2.21. The first kappa shape index (κ1) is 18.3. The highest BCUT2D eigenvalue weighted by atomic mass is 16.7. The molecule has 1 N–H and O–H groups in total. The minimum Gasteiger partial charge on any atom is -0.459 e. The number of methoxy groups -OCH3 is 1. The molecule has 0 spiro atoms. The molecule has 1 aromatic rings. The molecule has 0 radical (unpaired) electrons. The summed E-state index contributed by atoms with van der Waals surface area (Å²) in [5.74, 6) is -0.462. The maximum atomic E-state index is 11.4. The van der Waals surface area contributed by atoms with Crippen molar-refractivity contribution in [3.63, 3.8) is 0 Å². The highest BCUT2D eigenvalue weighted by Crippen LogP contribution is 2.22. The van der Waals surface area contributed by atoms with Crippen LogP contribution in [-0.4, -0.2) is 60.1 Å². The summed E-state index contributed by atoms with van der Waals surface area (Å²) in [5, 5.41) is 21.6. The normalized spacial score (nSPS) is 20.9. The SMILES string of the molecule is COCC(=O)OC1CC(CO)N(OCc2ccc([N+](=O)[O-])cc2)C1. The number of carbonyl (C=O) groups excluding carboxylic acids is 1. The number of rotatable bonds is 8. The van der Waals surface area contributed by atoms with Crippen molar-refractivity contribution in [3.8, 4) is 0 Å². The third kappa shape index (κ3) is 4.96. The van der Waals surface area contributed by atoms with Crippen molar-refractivity contribution < 1.29 is 29.1 Å². The Labute approximate surface area is 138 Å². The molecule has 0 aromatic heterocycles. The zero-order valence-electron chi connectivity index (χ0n) is 13.3. The monoisotopic (exact) mass is 340 g/mol. The van der Waals surface area contributed by atoms with Gasteiger partial charge in [-0.25, -0.2) is 4.79 Å². The summed E-state index contributed by atoms with van der Waals surface area (Å²) in [7, 11) is 1.41. The van der Waals surface area contributed by atoms with E-state index in [0.717, 1.165) is 5.56 Å². The number of aliphatic hydroxyl groups is 1. The number of aliphatic hydroxyl groups excluding tert-OH is 1. The van der Waals surface area contributed by atoms with Gasteiger partial charge in [0.1, 0.15) is 12.7 Å². The molecular formula is C15H20N2O7. The number of hydrogen-bond donors (Lipinski definition) is 1. The minimum absolute atomic E-state index is 0.0123. The largest absolute Gasteiger partial charge is 0.459 e. The van der Waals surface area contributed by atoms with Crippen molar-refractivity contribution in [3.05, 3.63) is 39.9 Å². The van der Waals surface area contributed by atoms with Crippen LogP contribution < -0.4 is 0 Å². The number of esters is 1. The molecule has 1 aliphatic heterocycles. The predicted molar refractivity (Wildman–Crippen MR) is 81.8 cm³/mol. The van der Waals surface area contributed by atoms with Gasteiger partial charge in [-0.15, -0.1) is 0 Å². The first-order chi connectivity index (χ1) is 11.5. The number of hydroxylamine groups is 2. The molecule has 1 aliphatic rings. The summed E-state index contributed by atoms with van der Waals surface area (Å²) < 4.78 is 9.95. The number of benzene rings is 1. The predicted octanol–water partition coefficient (Wildman–Crippen LogP) is 0.651. The van der Waals surface area contributed by atoms with E-state index in [4.69, 9.17) is 14.3 Å². The third-order valence-electron chi connectivity index (χ3n) is 3.64. The summed E-state index contributed by atoms with van der Waals surface area (Å²) in [6.45, 7) is 0.295. The van der Waals surface area contributed by atoms with Gasteiger partial charge in [-0.3, -0.25) is 15.0 Å². The Morgan fingerprint density at radius 1 is 1.42 bits per heavy atom. The second kappa shape index (κ2) is 8.69. The fraction of sp³-hybridized carbons (Fsp3) is 0.533. The summed E-state index contributed by atoms with van der Waals surface area (Å²) in [4.78, 5) is 27.2. The average Bonchev–Trinajstić information content (AvgIpc) is 2.95. The minimum atomic E-state index is -0.466. The van der Waals surface area contributed by atoms with Gasteiger partial charge in [0.15, 0.2) is 0 Å². The van der Waals surface area contributed by atoms with Gasteiger partial charge in [0.2, 0.25) is 0 Å². The Balaban J connectivity index is 1.86. The van der Waals surface area contributed by atoms with Gasteiger partial charge < -0.3 is 14.6 Å². The number of nitro groups is 1. The van der Waals surface area contributed by atoms with Gasteiger partial charge in [0.05, 0.1) is 30.7 Å². The lowest BCUT2D eigenvalue weighted by Crippen LogP contribution is -2.32. The molecule has 2 unspecified atom stereocenters. The van der Waals surface area contributed by atoms with Crippen molar-refractivity contribution in [2.24, 2.45) is 0 Å². The smallest absolute Gasteiger partial charge is 0.332 e. The molecule has 132 valence electrons. The van der Waals surface area contributed by atoms with Crippen molar-refractivity contribution in [2.45, 2.75) is 25.2 Å². The molecule has 2 atom stereocenters. The number of carbonyl (C=O) groups is 1. The highest BCUT2D eigenvalue weighted by molar-refractivity contribution is 5.70. The molecule has 9 heteroatoms. The quantitative estimate of drug-likeness (QED) is 0.417. The molecule has 1 fully saturated rings. The average molecular weight is 340 g/mol. The molecule has 0 aliphatic carbocycles. The summed E-state index contributed by atoms with van der Waals surface area (Å²) in [5.41, 5.74) is 0.774. The highest BCUT2D eigenvalue weighted by Gasteiger charge is 2.35. The van der Waals surface area contributed by atoms with Crippen LogP contribution in [0.25, 0.3) is 0 Å².